The van der Waals surface area contributed by atoms with Gasteiger partial charge in [-0.25, -0.2) is 0 Å². The van der Waals surface area contributed by atoms with Crippen LogP contribution in [0.5, 0.6) is 0 Å². The molecule has 0 heterocycles. The van der Waals surface area contributed by atoms with Crippen molar-refractivity contribution >= 4 is 5.97 Å². The van der Waals surface area contributed by atoms with E-state index in [4.69, 9.17) is 4.74 Å². The highest BCUT2D eigenvalue weighted by atomic mass is 16.5. The minimum atomic E-state index is -0.889. The van der Waals surface area contributed by atoms with Crippen LogP contribution in [0.25, 0.3) is 0 Å². The molecule has 0 aromatic heterocycles. The summed E-state index contributed by atoms with van der Waals surface area (Å²) in [5.41, 5.74) is 8.50. The van der Waals surface area contributed by atoms with Crippen LogP contribution >= 0.6 is 0 Å². The topological polar surface area (TPSA) is 49.8 Å². The van der Waals surface area contributed by atoms with Crippen molar-refractivity contribution in [2.45, 2.75) is 79.8 Å². The Morgan fingerprint density at radius 2 is 1.50 bits per heavy atom. The maximum Gasteiger partial charge on any atom is 0.312 e. The van der Waals surface area contributed by atoms with Crippen LogP contribution in [0.1, 0.15) is 65.8 Å². The number of allylic oxidation sites excluding steroid dienone is 1. The fraction of sp³-hybridized carbons (Fsp3) is 0.382. The number of carbonyl (C=O) groups excluding carboxylic acids is 1. The summed E-state index contributed by atoms with van der Waals surface area (Å²) < 4.78 is 6.22. The van der Waals surface area contributed by atoms with Crippen molar-refractivity contribution in [1.82, 2.24) is 4.90 Å². The molecular formula is C34H43NO3. The van der Waals surface area contributed by atoms with Crippen LogP contribution in [-0.4, -0.2) is 28.1 Å². The van der Waals surface area contributed by atoms with E-state index in [0.29, 0.717) is 0 Å². The number of esters is 1. The first-order valence-electron chi connectivity index (χ1n) is 13.5. The van der Waals surface area contributed by atoms with E-state index in [0.717, 1.165) is 18.7 Å². The molecule has 0 unspecified atom stereocenters. The van der Waals surface area contributed by atoms with Gasteiger partial charge in [0, 0.05) is 19.1 Å². The molecular weight excluding hydrogens is 470 g/mol. The van der Waals surface area contributed by atoms with Crippen molar-refractivity contribution in [3.05, 3.63) is 118 Å². The number of ether oxygens (including phenoxy) is 1. The second-order valence-electron chi connectivity index (χ2n) is 10.5. The Balaban J connectivity index is 2.02. The number of aryl methyl sites for hydroxylation is 4. The van der Waals surface area contributed by atoms with Gasteiger partial charge in [-0.05, 0) is 81.8 Å². The maximum absolute atomic E-state index is 13.3. The van der Waals surface area contributed by atoms with Crippen LogP contribution in [0.2, 0.25) is 0 Å². The minimum absolute atomic E-state index is 0.132. The van der Waals surface area contributed by atoms with Gasteiger partial charge in [0.25, 0.3) is 0 Å². The van der Waals surface area contributed by atoms with Crippen molar-refractivity contribution in [2.75, 3.05) is 0 Å². The Hall–Kier alpha value is -3.21. The predicted octanol–water partition coefficient (Wildman–Crippen LogP) is 7.17. The number of aliphatic hydroxyl groups excluding tert-OH is 1. The lowest BCUT2D eigenvalue weighted by atomic mass is 9.96. The molecule has 0 radical (unpaired) electrons. The minimum Gasteiger partial charge on any atom is -0.456 e. The third kappa shape index (κ3) is 7.43. The molecule has 0 aliphatic heterocycles. The van der Waals surface area contributed by atoms with Gasteiger partial charge in [0.05, 0.1) is 12.0 Å². The fourth-order valence-corrected chi connectivity index (χ4v) is 5.03. The van der Waals surface area contributed by atoms with Gasteiger partial charge in [0.15, 0.2) is 0 Å². The lowest BCUT2D eigenvalue weighted by Gasteiger charge is -2.36. The van der Waals surface area contributed by atoms with Gasteiger partial charge in [-0.15, -0.1) is 0 Å². The summed E-state index contributed by atoms with van der Waals surface area (Å²) in [6.45, 7) is 15.7. The van der Waals surface area contributed by atoms with E-state index in [9.17, 15) is 9.90 Å². The lowest BCUT2D eigenvalue weighted by Crippen LogP contribution is -2.40. The second-order valence-corrected chi connectivity index (χ2v) is 10.5. The van der Waals surface area contributed by atoms with Gasteiger partial charge in [-0.2, -0.15) is 0 Å². The number of nitrogens with zero attached hydrogens (tertiary/aromatic N) is 1. The van der Waals surface area contributed by atoms with Gasteiger partial charge in [0.2, 0.25) is 0 Å². The molecule has 3 aromatic rings. The van der Waals surface area contributed by atoms with Gasteiger partial charge in [-0.1, -0.05) is 84.4 Å². The average Bonchev–Trinajstić information content (AvgIpc) is 2.89. The molecule has 0 saturated heterocycles. The molecule has 0 aliphatic rings. The monoisotopic (exact) mass is 513 g/mol. The number of hydrogen-bond acceptors (Lipinski definition) is 4. The summed E-state index contributed by atoms with van der Waals surface area (Å²) in [4.78, 5) is 15.7. The molecule has 3 rings (SSSR count). The smallest absolute Gasteiger partial charge is 0.312 e. The summed E-state index contributed by atoms with van der Waals surface area (Å²) >= 11 is 0. The average molecular weight is 514 g/mol. The van der Waals surface area contributed by atoms with E-state index in [2.05, 4.69) is 75.9 Å². The Morgan fingerprint density at radius 1 is 0.895 bits per heavy atom. The summed E-state index contributed by atoms with van der Waals surface area (Å²) in [5, 5.41) is 10.4. The quantitative estimate of drug-likeness (QED) is 0.218. The van der Waals surface area contributed by atoms with E-state index in [1.165, 1.54) is 33.4 Å². The number of rotatable bonds is 11. The van der Waals surface area contributed by atoms with E-state index in [1.54, 1.807) is 19.1 Å². The van der Waals surface area contributed by atoms with Crippen molar-refractivity contribution in [3.8, 4) is 0 Å². The zero-order chi connectivity index (χ0) is 27.8. The third-order valence-corrected chi connectivity index (χ3v) is 7.50. The highest BCUT2D eigenvalue weighted by molar-refractivity contribution is 5.73. The Labute approximate surface area is 229 Å². The van der Waals surface area contributed by atoms with Crippen LogP contribution in [0, 0.1) is 33.6 Å². The lowest BCUT2D eigenvalue weighted by molar-refractivity contribution is -0.160. The number of aliphatic hydroxyl groups is 1. The van der Waals surface area contributed by atoms with Crippen molar-refractivity contribution in [1.29, 1.82) is 0 Å². The van der Waals surface area contributed by atoms with Crippen LogP contribution < -0.4 is 0 Å². The molecule has 0 aliphatic carbocycles. The molecule has 4 atom stereocenters. The van der Waals surface area contributed by atoms with Crippen molar-refractivity contribution in [3.63, 3.8) is 0 Å². The van der Waals surface area contributed by atoms with Crippen LogP contribution in [0.4, 0.5) is 0 Å². The second kappa shape index (κ2) is 13.5. The van der Waals surface area contributed by atoms with E-state index in [1.807, 2.05) is 37.3 Å². The first kappa shape index (κ1) is 29.3. The van der Waals surface area contributed by atoms with E-state index >= 15 is 0 Å². The van der Waals surface area contributed by atoms with E-state index in [-0.39, 0.29) is 6.04 Å². The molecule has 0 amide bonds. The van der Waals surface area contributed by atoms with Crippen LogP contribution in [0.3, 0.4) is 0 Å². The normalized spacial score (nSPS) is 14.9. The standard InChI is InChI=1S/C34H43NO3/c1-8-14-32(36)27(6)34(37)38-33(29-16-10-9-11-17-29)28(7)35(21-30-18-13-12-15-24(30)3)22-31-25(4)19-23(2)20-26(31)5/h8-20,27-28,32-33,36H,21-22H2,1-7H3/b14-8+/t27-,28-,32-,33-/m0/s1. The van der Waals surface area contributed by atoms with Crippen molar-refractivity contribution in [2.24, 2.45) is 5.92 Å². The van der Waals surface area contributed by atoms with Crippen LogP contribution in [0.15, 0.2) is 78.9 Å². The zero-order valence-electron chi connectivity index (χ0n) is 23.9. The highest BCUT2D eigenvalue weighted by Gasteiger charge is 2.32. The largest absolute Gasteiger partial charge is 0.456 e. The molecule has 4 heteroatoms. The molecule has 0 fully saturated rings. The summed E-state index contributed by atoms with van der Waals surface area (Å²) in [6, 6.07) is 22.7. The Kier molecular flexibility index (Phi) is 10.5. The first-order chi connectivity index (χ1) is 18.1. The molecule has 0 bridgehead atoms. The highest BCUT2D eigenvalue weighted by Crippen LogP contribution is 2.31. The molecule has 38 heavy (non-hydrogen) atoms. The number of benzene rings is 3. The molecule has 1 N–H and O–H groups in total. The molecule has 0 saturated carbocycles. The van der Waals surface area contributed by atoms with Gasteiger partial charge in [-0.3, -0.25) is 9.69 Å². The molecule has 4 nitrogen and oxygen atoms in total. The zero-order valence-corrected chi connectivity index (χ0v) is 23.9. The summed E-state index contributed by atoms with van der Waals surface area (Å²) in [6.07, 6.45) is 1.99. The third-order valence-electron chi connectivity index (χ3n) is 7.50. The first-order valence-corrected chi connectivity index (χ1v) is 13.5. The Bertz CT molecular complexity index is 1210. The predicted molar refractivity (Wildman–Crippen MR) is 156 cm³/mol. The number of hydrogen-bond donors (Lipinski definition) is 1. The van der Waals surface area contributed by atoms with Gasteiger partial charge in [0.1, 0.15) is 6.10 Å². The molecule has 202 valence electrons. The summed E-state index contributed by atoms with van der Waals surface area (Å²) in [5.74, 6) is -1.08. The van der Waals surface area contributed by atoms with Crippen LogP contribution in [-0.2, 0) is 22.6 Å². The Morgan fingerprint density at radius 3 is 2.11 bits per heavy atom. The fourth-order valence-electron chi connectivity index (χ4n) is 5.03. The molecule has 3 aromatic carbocycles. The van der Waals surface area contributed by atoms with Crippen molar-refractivity contribution < 1.29 is 14.6 Å². The SMILES string of the molecule is C/C=C/[C@H](O)[C@H](C)C(=O)O[C@H](c1ccccc1)[C@H](C)N(Cc1ccccc1C)Cc1c(C)cc(C)cc1C. The van der Waals surface area contributed by atoms with Gasteiger partial charge < -0.3 is 9.84 Å². The molecule has 0 spiro atoms. The number of carbonyl (C=O) groups is 1. The van der Waals surface area contributed by atoms with Gasteiger partial charge >= 0.3 is 5.97 Å². The maximum atomic E-state index is 13.3. The van der Waals surface area contributed by atoms with E-state index < -0.39 is 24.1 Å². The summed E-state index contributed by atoms with van der Waals surface area (Å²) in [7, 11) is 0.